The molecule has 1 aliphatic heterocycles. The number of aryl methyl sites for hydroxylation is 1. The normalized spacial score (nSPS) is 20.0. The Labute approximate surface area is 170 Å². The molecule has 1 saturated heterocycles. The Morgan fingerprint density at radius 3 is 2.39 bits per heavy atom. The quantitative estimate of drug-likeness (QED) is 0.760. The molecule has 0 unspecified atom stereocenters. The molecule has 4 heteroatoms. The van der Waals surface area contributed by atoms with Crippen LogP contribution in [0.25, 0.3) is 0 Å². The van der Waals surface area contributed by atoms with Crippen molar-refractivity contribution in [2.75, 3.05) is 13.1 Å². The number of nitrogens with one attached hydrogen (secondary N) is 1. The van der Waals surface area contributed by atoms with Crippen molar-refractivity contribution in [2.45, 2.75) is 77.2 Å². The van der Waals surface area contributed by atoms with Gasteiger partial charge in [-0.15, -0.1) is 0 Å². The van der Waals surface area contributed by atoms with Crippen LogP contribution < -0.4 is 5.32 Å². The van der Waals surface area contributed by atoms with E-state index < -0.39 is 0 Å². The zero-order chi connectivity index (χ0) is 19.8. The van der Waals surface area contributed by atoms with Gasteiger partial charge in [0.2, 0.25) is 11.8 Å². The minimum atomic E-state index is 0.164. The van der Waals surface area contributed by atoms with E-state index in [1.807, 2.05) is 6.07 Å². The van der Waals surface area contributed by atoms with E-state index in [4.69, 9.17) is 0 Å². The van der Waals surface area contributed by atoms with E-state index in [0.29, 0.717) is 18.2 Å². The lowest BCUT2D eigenvalue weighted by Gasteiger charge is -2.35. The molecule has 4 nitrogen and oxygen atoms in total. The summed E-state index contributed by atoms with van der Waals surface area (Å²) in [7, 11) is 0. The van der Waals surface area contributed by atoms with Crippen molar-refractivity contribution in [1.29, 1.82) is 0 Å². The average Bonchev–Trinajstić information content (AvgIpc) is 2.73. The fourth-order valence-corrected chi connectivity index (χ4v) is 4.66. The van der Waals surface area contributed by atoms with Gasteiger partial charge in [-0.3, -0.25) is 9.59 Å². The molecule has 0 bridgehead atoms. The first-order valence-electron chi connectivity index (χ1n) is 11.2. The molecular formula is C24H36N2O2. The van der Waals surface area contributed by atoms with Crippen LogP contribution in [0.1, 0.15) is 70.3 Å². The van der Waals surface area contributed by atoms with Gasteiger partial charge in [-0.25, -0.2) is 0 Å². The van der Waals surface area contributed by atoms with E-state index in [1.54, 1.807) is 0 Å². The maximum atomic E-state index is 12.7. The molecule has 1 aromatic carbocycles. The predicted molar refractivity (Wildman–Crippen MR) is 113 cm³/mol. The van der Waals surface area contributed by atoms with Crippen LogP contribution in [-0.4, -0.2) is 35.8 Å². The molecule has 0 aromatic heterocycles. The Morgan fingerprint density at radius 1 is 1.04 bits per heavy atom. The summed E-state index contributed by atoms with van der Waals surface area (Å²) in [5, 5.41) is 3.16. The summed E-state index contributed by atoms with van der Waals surface area (Å²) in [6.07, 6.45) is 10.3. The zero-order valence-electron chi connectivity index (χ0n) is 17.4. The van der Waals surface area contributed by atoms with E-state index in [9.17, 15) is 9.59 Å². The van der Waals surface area contributed by atoms with Gasteiger partial charge in [0.25, 0.3) is 0 Å². The lowest BCUT2D eigenvalue weighted by Crippen LogP contribution is -2.43. The monoisotopic (exact) mass is 384 g/mol. The molecule has 28 heavy (non-hydrogen) atoms. The van der Waals surface area contributed by atoms with Crippen LogP contribution in [0.2, 0.25) is 0 Å². The van der Waals surface area contributed by atoms with Gasteiger partial charge in [-0.2, -0.15) is 0 Å². The molecule has 3 rings (SSSR count). The molecule has 1 atom stereocenters. The molecule has 1 aliphatic carbocycles. The highest BCUT2D eigenvalue weighted by molar-refractivity contribution is 5.79. The number of carbonyl (C=O) groups is 2. The first-order valence-corrected chi connectivity index (χ1v) is 11.2. The standard InChI is InChI=1S/C24H36N2O2/c1-19(12-13-20-8-4-2-5-9-20)25-23(27)18-21-14-16-26(17-15-21)24(28)22-10-6-3-7-11-22/h2,4-5,8-9,19,21-22H,3,6-7,10-18H2,1H3,(H,25,27)/t19-/m1/s1. The lowest BCUT2D eigenvalue weighted by atomic mass is 9.86. The van der Waals surface area contributed by atoms with Crippen LogP contribution in [0.3, 0.4) is 0 Å². The van der Waals surface area contributed by atoms with Gasteiger partial charge in [0.05, 0.1) is 0 Å². The van der Waals surface area contributed by atoms with Crippen molar-refractivity contribution in [2.24, 2.45) is 11.8 Å². The van der Waals surface area contributed by atoms with E-state index in [-0.39, 0.29) is 17.9 Å². The number of hydrogen-bond acceptors (Lipinski definition) is 2. The van der Waals surface area contributed by atoms with Crippen LogP contribution in [0.15, 0.2) is 30.3 Å². The van der Waals surface area contributed by atoms with Crippen molar-refractivity contribution < 1.29 is 9.59 Å². The van der Waals surface area contributed by atoms with Gasteiger partial charge in [0.15, 0.2) is 0 Å². The molecule has 0 spiro atoms. The Kier molecular flexibility index (Phi) is 7.93. The second-order valence-corrected chi connectivity index (χ2v) is 8.80. The maximum Gasteiger partial charge on any atom is 0.225 e. The molecule has 1 saturated carbocycles. The first-order chi connectivity index (χ1) is 13.6. The fraction of sp³-hybridized carbons (Fsp3) is 0.667. The number of hydrogen-bond donors (Lipinski definition) is 1. The summed E-state index contributed by atoms with van der Waals surface area (Å²) in [6.45, 7) is 3.75. The zero-order valence-corrected chi connectivity index (χ0v) is 17.4. The predicted octanol–water partition coefficient (Wildman–Crippen LogP) is 4.33. The van der Waals surface area contributed by atoms with E-state index in [2.05, 4.69) is 41.4 Å². The lowest BCUT2D eigenvalue weighted by molar-refractivity contribution is -0.138. The summed E-state index contributed by atoms with van der Waals surface area (Å²) in [4.78, 5) is 27.1. The van der Waals surface area contributed by atoms with E-state index in [0.717, 1.165) is 51.6 Å². The Hall–Kier alpha value is -1.84. The third kappa shape index (κ3) is 6.35. The number of amides is 2. The molecule has 2 aliphatic rings. The molecular weight excluding hydrogens is 348 g/mol. The molecule has 154 valence electrons. The van der Waals surface area contributed by atoms with Gasteiger partial charge in [0.1, 0.15) is 0 Å². The third-order valence-electron chi connectivity index (χ3n) is 6.47. The van der Waals surface area contributed by atoms with Gasteiger partial charge < -0.3 is 10.2 Å². The highest BCUT2D eigenvalue weighted by atomic mass is 16.2. The Bertz CT molecular complexity index is 617. The largest absolute Gasteiger partial charge is 0.354 e. The van der Waals surface area contributed by atoms with Crippen LogP contribution in [0.5, 0.6) is 0 Å². The highest BCUT2D eigenvalue weighted by Crippen LogP contribution is 2.28. The van der Waals surface area contributed by atoms with Crippen molar-refractivity contribution in [3.05, 3.63) is 35.9 Å². The summed E-state index contributed by atoms with van der Waals surface area (Å²) < 4.78 is 0. The fourth-order valence-electron chi connectivity index (χ4n) is 4.66. The van der Waals surface area contributed by atoms with Crippen molar-refractivity contribution in [1.82, 2.24) is 10.2 Å². The van der Waals surface area contributed by atoms with E-state index >= 15 is 0 Å². The van der Waals surface area contributed by atoms with E-state index in [1.165, 1.54) is 24.8 Å². The Balaban J connectivity index is 1.33. The van der Waals surface area contributed by atoms with Crippen LogP contribution >= 0.6 is 0 Å². The second kappa shape index (κ2) is 10.6. The van der Waals surface area contributed by atoms with Gasteiger partial charge in [-0.1, -0.05) is 49.6 Å². The third-order valence-corrected chi connectivity index (χ3v) is 6.47. The van der Waals surface area contributed by atoms with Crippen LogP contribution in [0.4, 0.5) is 0 Å². The summed E-state index contributed by atoms with van der Waals surface area (Å²) in [6, 6.07) is 10.6. The van der Waals surface area contributed by atoms with Crippen molar-refractivity contribution in [3.8, 4) is 0 Å². The summed E-state index contributed by atoms with van der Waals surface area (Å²) in [5.74, 6) is 1.21. The number of benzene rings is 1. The second-order valence-electron chi connectivity index (χ2n) is 8.80. The van der Waals surface area contributed by atoms with Crippen molar-refractivity contribution in [3.63, 3.8) is 0 Å². The average molecular weight is 385 g/mol. The number of nitrogens with zero attached hydrogens (tertiary/aromatic N) is 1. The first kappa shape index (κ1) is 20.9. The Morgan fingerprint density at radius 2 is 1.71 bits per heavy atom. The minimum Gasteiger partial charge on any atom is -0.354 e. The number of likely N-dealkylation sites (tertiary alicyclic amines) is 1. The molecule has 1 aromatic rings. The molecule has 0 radical (unpaired) electrons. The van der Waals surface area contributed by atoms with Crippen LogP contribution in [-0.2, 0) is 16.0 Å². The number of rotatable bonds is 7. The molecule has 2 amide bonds. The van der Waals surface area contributed by atoms with Crippen molar-refractivity contribution >= 4 is 11.8 Å². The van der Waals surface area contributed by atoms with Gasteiger partial charge in [0, 0.05) is 31.5 Å². The number of piperidine rings is 1. The highest BCUT2D eigenvalue weighted by Gasteiger charge is 2.29. The summed E-state index contributed by atoms with van der Waals surface area (Å²) >= 11 is 0. The molecule has 1 heterocycles. The smallest absolute Gasteiger partial charge is 0.225 e. The molecule has 2 fully saturated rings. The van der Waals surface area contributed by atoms with Gasteiger partial charge in [-0.05, 0) is 56.9 Å². The maximum absolute atomic E-state index is 12.7. The van der Waals surface area contributed by atoms with Gasteiger partial charge >= 0.3 is 0 Å². The topological polar surface area (TPSA) is 49.4 Å². The summed E-state index contributed by atoms with van der Waals surface area (Å²) in [5.41, 5.74) is 1.32. The SMILES string of the molecule is C[C@H](CCc1ccccc1)NC(=O)CC1CCN(C(=O)C2CCCCC2)CC1. The molecule has 1 N–H and O–H groups in total. The van der Waals surface area contributed by atoms with Crippen LogP contribution in [0, 0.1) is 11.8 Å². The number of carbonyl (C=O) groups excluding carboxylic acids is 2. The minimum absolute atomic E-state index is 0.164.